The van der Waals surface area contributed by atoms with Gasteiger partial charge in [-0.2, -0.15) is 0 Å². The van der Waals surface area contributed by atoms with Gasteiger partial charge in [0.15, 0.2) is 0 Å². The van der Waals surface area contributed by atoms with Crippen LogP contribution in [0.3, 0.4) is 0 Å². The third-order valence-corrected chi connectivity index (χ3v) is 4.38. The molecule has 138 valence electrons. The first-order chi connectivity index (χ1) is 13.5. The maximum atomic E-state index is 13.6. The van der Waals surface area contributed by atoms with E-state index in [1.165, 1.54) is 18.3 Å². The van der Waals surface area contributed by atoms with Crippen molar-refractivity contribution in [1.29, 1.82) is 0 Å². The van der Waals surface area contributed by atoms with Crippen LogP contribution >= 0.6 is 0 Å². The standard InChI is InChI=1S/C22H14F2N2O2/c23-14-9-13(10-15(24)11-14)16-5-1-4-8-20(16)26-22(28)18-12-25-19-7-3-2-6-17(19)21(18)27/h1-12H,(H,25,27)(H,26,28). The van der Waals surface area contributed by atoms with E-state index in [0.29, 0.717) is 22.2 Å². The van der Waals surface area contributed by atoms with Crippen molar-refractivity contribution in [3.8, 4) is 11.1 Å². The summed E-state index contributed by atoms with van der Waals surface area (Å²) < 4.78 is 27.2. The number of fused-ring (bicyclic) bond motifs is 1. The zero-order valence-electron chi connectivity index (χ0n) is 14.5. The van der Waals surface area contributed by atoms with Gasteiger partial charge in [0, 0.05) is 34.4 Å². The minimum absolute atomic E-state index is 0.0566. The number of carbonyl (C=O) groups is 1. The lowest BCUT2D eigenvalue weighted by atomic mass is 10.0. The number of nitrogens with one attached hydrogen (secondary N) is 2. The molecule has 1 amide bonds. The Kier molecular flexibility index (Phi) is 4.45. The molecule has 0 radical (unpaired) electrons. The summed E-state index contributed by atoms with van der Waals surface area (Å²) in [4.78, 5) is 28.3. The van der Waals surface area contributed by atoms with Crippen LogP contribution in [0.15, 0.2) is 77.7 Å². The second-order valence-corrected chi connectivity index (χ2v) is 6.23. The van der Waals surface area contributed by atoms with Gasteiger partial charge >= 0.3 is 0 Å². The van der Waals surface area contributed by atoms with Crippen molar-refractivity contribution in [2.75, 3.05) is 5.32 Å². The summed E-state index contributed by atoms with van der Waals surface area (Å²) >= 11 is 0. The Morgan fingerprint density at radius 2 is 1.57 bits per heavy atom. The number of rotatable bonds is 3. The fraction of sp³-hybridized carbons (Fsp3) is 0. The Balaban J connectivity index is 1.73. The van der Waals surface area contributed by atoms with Crippen molar-refractivity contribution in [2.45, 2.75) is 0 Å². The zero-order chi connectivity index (χ0) is 19.7. The van der Waals surface area contributed by atoms with Crippen LogP contribution in [0.5, 0.6) is 0 Å². The van der Waals surface area contributed by atoms with E-state index in [1.807, 2.05) is 0 Å². The van der Waals surface area contributed by atoms with Crippen LogP contribution in [0.4, 0.5) is 14.5 Å². The smallest absolute Gasteiger partial charge is 0.261 e. The predicted octanol–water partition coefficient (Wildman–Crippen LogP) is 4.73. The molecule has 0 atom stereocenters. The van der Waals surface area contributed by atoms with Gasteiger partial charge in [-0.1, -0.05) is 30.3 Å². The third kappa shape index (κ3) is 3.27. The number of anilines is 1. The van der Waals surface area contributed by atoms with Crippen LogP contribution in [0, 0.1) is 11.6 Å². The minimum atomic E-state index is -0.720. The number of hydrogen-bond acceptors (Lipinski definition) is 2. The molecule has 0 saturated heterocycles. The molecule has 4 nitrogen and oxygen atoms in total. The number of H-pyrrole nitrogens is 1. The molecule has 2 N–H and O–H groups in total. The maximum absolute atomic E-state index is 13.6. The molecule has 0 unspecified atom stereocenters. The number of benzene rings is 3. The van der Waals surface area contributed by atoms with Crippen LogP contribution in [0.1, 0.15) is 10.4 Å². The molecule has 0 aliphatic heterocycles. The van der Waals surface area contributed by atoms with Gasteiger partial charge in [0.25, 0.3) is 5.91 Å². The first-order valence-electron chi connectivity index (χ1n) is 8.50. The monoisotopic (exact) mass is 376 g/mol. The number of aromatic nitrogens is 1. The van der Waals surface area contributed by atoms with E-state index >= 15 is 0 Å². The van der Waals surface area contributed by atoms with Gasteiger partial charge < -0.3 is 10.3 Å². The molecule has 28 heavy (non-hydrogen) atoms. The number of carbonyl (C=O) groups excluding carboxylic acids is 1. The van der Waals surface area contributed by atoms with E-state index in [9.17, 15) is 18.4 Å². The number of aromatic amines is 1. The number of halogens is 2. The molecule has 1 heterocycles. The largest absolute Gasteiger partial charge is 0.360 e. The Labute approximate surface area is 158 Å². The van der Waals surface area contributed by atoms with Crippen molar-refractivity contribution in [2.24, 2.45) is 0 Å². The Morgan fingerprint density at radius 3 is 2.36 bits per heavy atom. The highest BCUT2D eigenvalue weighted by atomic mass is 19.1. The normalized spacial score (nSPS) is 10.8. The van der Waals surface area contributed by atoms with E-state index < -0.39 is 23.0 Å². The van der Waals surface area contributed by atoms with E-state index in [1.54, 1.807) is 48.5 Å². The van der Waals surface area contributed by atoms with Crippen molar-refractivity contribution in [3.05, 3.63) is 100 Å². The molecule has 4 rings (SSSR count). The lowest BCUT2D eigenvalue weighted by Gasteiger charge is -2.12. The van der Waals surface area contributed by atoms with Crippen LogP contribution < -0.4 is 10.7 Å². The highest BCUT2D eigenvalue weighted by Gasteiger charge is 2.15. The fourth-order valence-electron chi connectivity index (χ4n) is 3.08. The molecule has 0 spiro atoms. The van der Waals surface area contributed by atoms with Crippen LogP contribution in [0.2, 0.25) is 0 Å². The van der Waals surface area contributed by atoms with Gasteiger partial charge in [-0.05, 0) is 35.9 Å². The number of amides is 1. The third-order valence-electron chi connectivity index (χ3n) is 4.38. The number of hydrogen-bond donors (Lipinski definition) is 2. The molecular formula is C22H14F2N2O2. The summed E-state index contributed by atoms with van der Waals surface area (Å²) in [5, 5.41) is 3.06. The zero-order valence-corrected chi connectivity index (χ0v) is 14.5. The summed E-state index contributed by atoms with van der Waals surface area (Å²) in [7, 11) is 0. The van der Waals surface area contributed by atoms with E-state index in [0.717, 1.165) is 6.07 Å². The van der Waals surface area contributed by atoms with E-state index in [4.69, 9.17) is 0 Å². The SMILES string of the molecule is O=C(Nc1ccccc1-c1cc(F)cc(F)c1)c1c[nH]c2ccccc2c1=O. The van der Waals surface area contributed by atoms with Crippen molar-refractivity contribution >= 4 is 22.5 Å². The van der Waals surface area contributed by atoms with Crippen molar-refractivity contribution in [3.63, 3.8) is 0 Å². The Morgan fingerprint density at radius 1 is 0.893 bits per heavy atom. The maximum Gasteiger partial charge on any atom is 0.261 e. The molecular weight excluding hydrogens is 362 g/mol. The van der Waals surface area contributed by atoms with Gasteiger partial charge in [-0.15, -0.1) is 0 Å². The van der Waals surface area contributed by atoms with Crippen molar-refractivity contribution < 1.29 is 13.6 Å². The Bertz CT molecular complexity index is 1240. The first-order valence-corrected chi connectivity index (χ1v) is 8.50. The predicted molar refractivity (Wildman–Crippen MR) is 104 cm³/mol. The fourth-order valence-corrected chi connectivity index (χ4v) is 3.08. The molecule has 0 aliphatic rings. The summed E-state index contributed by atoms with van der Waals surface area (Å²) in [6, 6.07) is 16.6. The molecule has 1 aromatic heterocycles. The number of pyridine rings is 1. The lowest BCUT2D eigenvalue weighted by molar-refractivity contribution is 0.102. The highest BCUT2D eigenvalue weighted by molar-refractivity contribution is 6.07. The Hall–Kier alpha value is -3.80. The highest BCUT2D eigenvalue weighted by Crippen LogP contribution is 2.29. The van der Waals surface area contributed by atoms with Gasteiger partial charge in [0.1, 0.15) is 17.2 Å². The molecule has 0 fully saturated rings. The second-order valence-electron chi connectivity index (χ2n) is 6.23. The molecule has 3 aromatic carbocycles. The molecule has 0 bridgehead atoms. The van der Waals surface area contributed by atoms with Gasteiger partial charge in [-0.25, -0.2) is 8.78 Å². The minimum Gasteiger partial charge on any atom is -0.360 e. The van der Waals surface area contributed by atoms with Crippen LogP contribution in [-0.4, -0.2) is 10.9 Å². The van der Waals surface area contributed by atoms with Crippen LogP contribution in [-0.2, 0) is 0 Å². The quantitative estimate of drug-likeness (QED) is 0.543. The summed E-state index contributed by atoms with van der Waals surface area (Å²) in [5.41, 5.74) is 1.22. The second kappa shape index (κ2) is 7.08. The van der Waals surface area contributed by atoms with Gasteiger partial charge in [0.05, 0.1) is 0 Å². The number of para-hydroxylation sites is 2. The van der Waals surface area contributed by atoms with Gasteiger partial charge in [-0.3, -0.25) is 9.59 Å². The molecule has 6 heteroatoms. The topological polar surface area (TPSA) is 62.0 Å². The molecule has 0 saturated carbocycles. The van der Waals surface area contributed by atoms with E-state index in [2.05, 4.69) is 10.3 Å². The summed E-state index contributed by atoms with van der Waals surface area (Å²) in [6.45, 7) is 0. The van der Waals surface area contributed by atoms with Gasteiger partial charge in [0.2, 0.25) is 5.43 Å². The summed E-state index contributed by atoms with van der Waals surface area (Å²) in [5.74, 6) is -2.06. The van der Waals surface area contributed by atoms with Crippen molar-refractivity contribution in [1.82, 2.24) is 4.98 Å². The van der Waals surface area contributed by atoms with E-state index in [-0.39, 0.29) is 11.1 Å². The summed E-state index contributed by atoms with van der Waals surface area (Å²) in [6.07, 6.45) is 1.35. The average molecular weight is 376 g/mol. The molecule has 4 aromatic rings. The molecule has 0 aliphatic carbocycles. The average Bonchev–Trinajstić information content (AvgIpc) is 2.68. The first kappa shape index (κ1) is 17.6. The van der Waals surface area contributed by atoms with Crippen LogP contribution in [0.25, 0.3) is 22.0 Å². The lowest BCUT2D eigenvalue weighted by Crippen LogP contribution is -2.22.